The van der Waals surface area contributed by atoms with Crippen LogP contribution in [0.15, 0.2) is 24.3 Å². The lowest BCUT2D eigenvalue weighted by molar-refractivity contribution is -0.133. The normalized spacial score (nSPS) is 12.3. The van der Waals surface area contributed by atoms with Crippen molar-refractivity contribution in [1.82, 2.24) is 0 Å². The van der Waals surface area contributed by atoms with Crippen LogP contribution in [0.25, 0.3) is 0 Å². The van der Waals surface area contributed by atoms with Gasteiger partial charge in [0.05, 0.1) is 51.3 Å². The maximum absolute atomic E-state index is 9.60. The predicted octanol–water partition coefficient (Wildman–Crippen LogP) is 0.435. The zero-order valence-electron chi connectivity index (χ0n) is 18.0. The molecule has 6 N–H and O–H groups in total. The summed E-state index contributed by atoms with van der Waals surface area (Å²) < 4.78 is 10.5. The van der Waals surface area contributed by atoms with Gasteiger partial charge in [-0.15, -0.1) is 0 Å². The second-order valence-corrected chi connectivity index (χ2v) is 5.94. The van der Waals surface area contributed by atoms with Crippen molar-refractivity contribution in [2.75, 3.05) is 33.0 Å². The van der Waals surface area contributed by atoms with Crippen LogP contribution in [-0.2, 0) is 19.1 Å². The van der Waals surface area contributed by atoms with E-state index in [0.29, 0.717) is 13.2 Å². The third-order valence-electron chi connectivity index (χ3n) is 2.32. The van der Waals surface area contributed by atoms with E-state index in [4.69, 9.17) is 40.1 Å². The van der Waals surface area contributed by atoms with E-state index in [-0.39, 0.29) is 43.2 Å². The van der Waals surface area contributed by atoms with Gasteiger partial charge in [0.25, 0.3) is 0 Å². The molecule has 0 aliphatic heterocycles. The molecule has 0 saturated carbocycles. The van der Waals surface area contributed by atoms with Gasteiger partial charge < -0.3 is 40.1 Å². The summed E-state index contributed by atoms with van der Waals surface area (Å²) in [7, 11) is 0. The number of carboxylic acid groups (broad SMARTS) is 2. The van der Waals surface area contributed by atoms with Gasteiger partial charge in [-0.25, -0.2) is 9.59 Å². The Morgan fingerprint density at radius 2 is 1.10 bits per heavy atom. The molecular weight excluding hydrogens is 388 g/mol. The number of aliphatic hydroxyl groups is 4. The summed E-state index contributed by atoms with van der Waals surface area (Å²) in [5.41, 5.74) is 0.352. The number of aliphatic hydroxyl groups excluding tert-OH is 4. The van der Waals surface area contributed by atoms with Gasteiger partial charge in [-0.1, -0.05) is 13.2 Å². The van der Waals surface area contributed by atoms with Crippen LogP contribution < -0.4 is 0 Å². The summed E-state index contributed by atoms with van der Waals surface area (Å²) in [6.07, 6.45) is -0.654. The van der Waals surface area contributed by atoms with Gasteiger partial charge in [0.2, 0.25) is 0 Å². The van der Waals surface area contributed by atoms with E-state index in [1.807, 2.05) is 6.92 Å². The zero-order valence-corrected chi connectivity index (χ0v) is 18.0. The molecule has 0 aliphatic carbocycles. The van der Waals surface area contributed by atoms with Gasteiger partial charge in [0.15, 0.2) is 0 Å². The Morgan fingerprint density at radius 3 is 1.31 bits per heavy atom. The largest absolute Gasteiger partial charge is 0.478 e. The topological polar surface area (TPSA) is 174 Å². The van der Waals surface area contributed by atoms with E-state index in [1.54, 1.807) is 13.8 Å². The lowest BCUT2D eigenvalue weighted by atomic mass is 10.4. The number of ether oxygens (including phenoxy) is 2. The number of aliphatic carboxylic acids is 2. The Hall–Kier alpha value is -1.82. The Morgan fingerprint density at radius 1 is 0.793 bits per heavy atom. The lowest BCUT2D eigenvalue weighted by Gasteiger charge is -2.16. The van der Waals surface area contributed by atoms with E-state index in [1.165, 1.54) is 13.8 Å². The van der Waals surface area contributed by atoms with Gasteiger partial charge in [-0.3, -0.25) is 0 Å². The Kier molecular flexibility index (Phi) is 29.0. The molecule has 10 nitrogen and oxygen atoms in total. The molecule has 0 bridgehead atoms. The van der Waals surface area contributed by atoms with E-state index >= 15 is 0 Å². The molecule has 0 rings (SSSR count). The van der Waals surface area contributed by atoms with Crippen molar-refractivity contribution in [1.29, 1.82) is 0 Å². The highest BCUT2D eigenvalue weighted by molar-refractivity contribution is 5.85. The molecule has 0 aromatic rings. The van der Waals surface area contributed by atoms with Crippen molar-refractivity contribution < 1.29 is 49.7 Å². The van der Waals surface area contributed by atoms with Gasteiger partial charge in [0.1, 0.15) is 0 Å². The van der Waals surface area contributed by atoms with Gasteiger partial charge in [-0.05, 0) is 34.6 Å². The number of hydrogen-bond acceptors (Lipinski definition) is 8. The first-order chi connectivity index (χ1) is 13.3. The van der Waals surface area contributed by atoms with Crippen LogP contribution in [0.2, 0.25) is 0 Å². The van der Waals surface area contributed by atoms with Crippen molar-refractivity contribution in [3.05, 3.63) is 24.3 Å². The second kappa shape index (κ2) is 24.2. The van der Waals surface area contributed by atoms with Crippen LogP contribution in [0.4, 0.5) is 0 Å². The smallest absolute Gasteiger partial charge is 0.330 e. The molecule has 174 valence electrons. The monoisotopic (exact) mass is 426 g/mol. The molecular formula is C19H38O10. The summed E-state index contributed by atoms with van der Waals surface area (Å²) in [6.45, 7) is 15.1. The van der Waals surface area contributed by atoms with Crippen molar-refractivity contribution in [3.63, 3.8) is 0 Å². The molecule has 0 saturated heterocycles. The standard InChI is InChI=1S/C9H20O4.2C4H6O2.C2H6O2/c1-7(11)5-12-9(3)6-13-8(2)4-10;2*1-3(2)4(5)6;3-1-2-4/h7-11H,4-6H2,1-3H3;2*1H2,2H3,(H,5,6);3-4H,1-2H2. The van der Waals surface area contributed by atoms with Crippen LogP contribution in [0.3, 0.4) is 0 Å². The SMILES string of the molecule is C=C(C)C(=O)O.C=C(C)C(=O)O.CC(O)COC(C)COC(C)CO.OCCO. The number of hydrogen-bond donors (Lipinski definition) is 6. The summed E-state index contributed by atoms with van der Waals surface area (Å²) >= 11 is 0. The summed E-state index contributed by atoms with van der Waals surface area (Å²) in [5.74, 6) is -1.87. The Bertz CT molecular complexity index is 385. The summed E-state index contributed by atoms with van der Waals surface area (Å²) in [5, 5.41) is 48.6. The summed E-state index contributed by atoms with van der Waals surface area (Å²) in [6, 6.07) is 0. The third-order valence-corrected chi connectivity index (χ3v) is 2.32. The molecule has 0 radical (unpaired) electrons. The van der Waals surface area contributed by atoms with E-state index in [0.717, 1.165) is 0 Å². The average Bonchev–Trinajstić information content (AvgIpc) is 2.65. The van der Waals surface area contributed by atoms with E-state index in [2.05, 4.69) is 13.2 Å². The minimum absolute atomic E-state index is 0.0170. The molecule has 0 aromatic carbocycles. The Labute approximate surface area is 172 Å². The minimum atomic E-state index is -0.935. The van der Waals surface area contributed by atoms with Crippen molar-refractivity contribution in [2.45, 2.75) is 52.9 Å². The first-order valence-electron chi connectivity index (χ1n) is 8.78. The number of carboxylic acids is 2. The molecule has 10 heteroatoms. The van der Waals surface area contributed by atoms with Crippen molar-refractivity contribution >= 4 is 11.9 Å². The first-order valence-corrected chi connectivity index (χ1v) is 8.78. The Balaban J connectivity index is -0.000000163. The number of rotatable bonds is 10. The van der Waals surface area contributed by atoms with Crippen molar-refractivity contribution in [3.8, 4) is 0 Å². The van der Waals surface area contributed by atoms with Crippen molar-refractivity contribution in [2.24, 2.45) is 0 Å². The van der Waals surface area contributed by atoms with Gasteiger partial charge >= 0.3 is 11.9 Å². The summed E-state index contributed by atoms with van der Waals surface area (Å²) in [4.78, 5) is 19.2. The zero-order chi connectivity index (χ0) is 24.0. The maximum atomic E-state index is 9.60. The fourth-order valence-corrected chi connectivity index (χ4v) is 0.704. The van der Waals surface area contributed by atoms with Crippen LogP contribution in [0.1, 0.15) is 34.6 Å². The molecule has 0 heterocycles. The van der Waals surface area contributed by atoms with Crippen LogP contribution >= 0.6 is 0 Å². The van der Waals surface area contributed by atoms with Gasteiger partial charge in [-0.2, -0.15) is 0 Å². The highest BCUT2D eigenvalue weighted by atomic mass is 16.5. The van der Waals surface area contributed by atoms with Crippen LogP contribution in [-0.4, -0.2) is 93.9 Å². The van der Waals surface area contributed by atoms with E-state index in [9.17, 15) is 9.59 Å². The van der Waals surface area contributed by atoms with Crippen LogP contribution in [0.5, 0.6) is 0 Å². The fraction of sp³-hybridized carbons (Fsp3) is 0.684. The second-order valence-electron chi connectivity index (χ2n) is 5.94. The molecule has 3 atom stereocenters. The molecule has 0 aromatic heterocycles. The fourth-order valence-electron chi connectivity index (χ4n) is 0.704. The highest BCUT2D eigenvalue weighted by Gasteiger charge is 2.07. The molecule has 3 unspecified atom stereocenters. The molecule has 0 fully saturated rings. The molecule has 0 spiro atoms. The first kappa shape index (κ1) is 34.7. The molecule has 0 aliphatic rings. The predicted molar refractivity (Wildman–Crippen MR) is 109 cm³/mol. The highest BCUT2D eigenvalue weighted by Crippen LogP contribution is 1.97. The molecule has 29 heavy (non-hydrogen) atoms. The van der Waals surface area contributed by atoms with Gasteiger partial charge in [0, 0.05) is 11.1 Å². The lowest BCUT2D eigenvalue weighted by Crippen LogP contribution is -2.24. The number of carbonyl (C=O) groups is 2. The minimum Gasteiger partial charge on any atom is -0.478 e. The molecule has 0 amide bonds. The third kappa shape index (κ3) is 41.6. The van der Waals surface area contributed by atoms with E-state index < -0.39 is 18.0 Å². The van der Waals surface area contributed by atoms with Crippen LogP contribution in [0, 0.1) is 0 Å². The quantitative estimate of drug-likeness (QED) is 0.269. The maximum Gasteiger partial charge on any atom is 0.330 e. The average molecular weight is 427 g/mol.